The number of hydrogen-bond acceptors (Lipinski definition) is 5. The first kappa shape index (κ1) is 23.3. The van der Waals surface area contributed by atoms with Crippen molar-refractivity contribution in [1.82, 2.24) is 15.0 Å². The highest BCUT2D eigenvalue weighted by molar-refractivity contribution is 5.85. The highest BCUT2D eigenvalue weighted by Crippen LogP contribution is 2.33. The van der Waals surface area contributed by atoms with Crippen LogP contribution in [0.15, 0.2) is 79.1 Å². The van der Waals surface area contributed by atoms with Crippen LogP contribution >= 0.6 is 0 Å². The van der Waals surface area contributed by atoms with Gasteiger partial charge in [0.15, 0.2) is 0 Å². The summed E-state index contributed by atoms with van der Waals surface area (Å²) in [5, 5.41) is 30.6. The van der Waals surface area contributed by atoms with Crippen molar-refractivity contribution in [1.29, 1.82) is 0 Å². The van der Waals surface area contributed by atoms with Gasteiger partial charge in [-0.05, 0) is 47.9 Å². The van der Waals surface area contributed by atoms with Gasteiger partial charge in [-0.1, -0.05) is 36.4 Å². The van der Waals surface area contributed by atoms with Crippen LogP contribution in [0.5, 0.6) is 11.5 Å². The molecule has 0 aliphatic carbocycles. The molecule has 2 aromatic heterocycles. The number of carboxylic acids is 1. The Bertz CT molecular complexity index is 1520. The van der Waals surface area contributed by atoms with E-state index in [-0.39, 0.29) is 13.0 Å². The zero-order valence-electron chi connectivity index (χ0n) is 19.3. The van der Waals surface area contributed by atoms with Crippen molar-refractivity contribution in [2.75, 3.05) is 0 Å². The van der Waals surface area contributed by atoms with Crippen LogP contribution in [0.25, 0.3) is 22.3 Å². The van der Waals surface area contributed by atoms with Crippen molar-refractivity contribution < 1.29 is 24.9 Å². The van der Waals surface area contributed by atoms with E-state index in [1.165, 1.54) is 0 Å². The molecule has 0 saturated carbocycles. The first-order valence-corrected chi connectivity index (χ1v) is 11.5. The van der Waals surface area contributed by atoms with Gasteiger partial charge in [0.1, 0.15) is 23.4 Å². The Morgan fingerprint density at radius 3 is 2.75 bits per heavy atom. The van der Waals surface area contributed by atoms with Crippen LogP contribution in [0.2, 0.25) is 0 Å². The summed E-state index contributed by atoms with van der Waals surface area (Å²) in [6, 6.07) is 20.3. The van der Waals surface area contributed by atoms with Crippen molar-refractivity contribution in [3.8, 4) is 22.9 Å². The molecule has 8 heteroatoms. The maximum absolute atomic E-state index is 10.9. The average Bonchev–Trinajstić information content (AvgIpc) is 3.57. The van der Waals surface area contributed by atoms with Crippen LogP contribution in [0.1, 0.15) is 34.9 Å². The minimum Gasteiger partial charge on any atom is -0.481 e. The SMILES string of the molecule is O=C(O)CCc1cccc(C(O)c2cnc(-c3cccc(Oc4ccc5[nH]ccc5c4CO)c3)[nH]2)c1. The third-order valence-corrected chi connectivity index (χ3v) is 6.08. The molecule has 8 nitrogen and oxygen atoms in total. The Morgan fingerprint density at radius 2 is 1.92 bits per heavy atom. The number of benzene rings is 3. The fraction of sp³-hybridized carbons (Fsp3) is 0.143. The Hall–Kier alpha value is -4.40. The van der Waals surface area contributed by atoms with E-state index >= 15 is 0 Å². The van der Waals surface area contributed by atoms with E-state index in [0.29, 0.717) is 40.6 Å². The number of carboxylic acid groups (broad SMARTS) is 1. The lowest BCUT2D eigenvalue weighted by atomic mass is 10.0. The summed E-state index contributed by atoms with van der Waals surface area (Å²) in [6.07, 6.45) is 2.90. The molecule has 36 heavy (non-hydrogen) atoms. The largest absolute Gasteiger partial charge is 0.481 e. The Labute approximate surface area is 206 Å². The van der Waals surface area contributed by atoms with Crippen LogP contribution in [-0.4, -0.2) is 36.2 Å². The van der Waals surface area contributed by atoms with Crippen molar-refractivity contribution in [2.45, 2.75) is 25.6 Å². The molecule has 182 valence electrons. The summed E-state index contributed by atoms with van der Waals surface area (Å²) in [6.45, 7) is -0.152. The van der Waals surface area contributed by atoms with E-state index in [4.69, 9.17) is 9.84 Å². The lowest BCUT2D eigenvalue weighted by molar-refractivity contribution is -0.136. The molecular formula is C28H25N3O5. The topological polar surface area (TPSA) is 131 Å². The molecule has 0 saturated heterocycles. The fourth-order valence-electron chi connectivity index (χ4n) is 4.24. The normalized spacial score (nSPS) is 12.1. The number of carbonyl (C=O) groups is 1. The molecule has 1 atom stereocenters. The standard InChI is InChI=1S/C28H25N3O5/c32-16-22-21-11-12-29-23(21)8-9-25(22)36-20-6-2-5-19(14-20)28-30-15-24(31-28)27(35)18-4-1-3-17(13-18)7-10-26(33)34/h1-6,8-9,11-15,27,29,32,35H,7,10,16H2,(H,30,31)(H,33,34). The smallest absolute Gasteiger partial charge is 0.303 e. The predicted octanol–water partition coefficient (Wildman–Crippen LogP) is 4.94. The van der Waals surface area contributed by atoms with E-state index in [1.807, 2.05) is 60.8 Å². The molecule has 5 aromatic rings. The van der Waals surface area contributed by atoms with E-state index < -0.39 is 12.1 Å². The Kier molecular flexibility index (Phi) is 6.53. The van der Waals surface area contributed by atoms with Crippen molar-refractivity contribution >= 4 is 16.9 Å². The number of aromatic nitrogens is 3. The van der Waals surface area contributed by atoms with E-state index in [2.05, 4.69) is 15.0 Å². The molecule has 5 rings (SSSR count). The van der Waals surface area contributed by atoms with Crippen molar-refractivity contribution in [3.63, 3.8) is 0 Å². The quantitative estimate of drug-likeness (QED) is 0.202. The number of rotatable bonds is 9. The number of aromatic amines is 2. The lowest BCUT2D eigenvalue weighted by Crippen LogP contribution is -2.02. The second-order valence-corrected chi connectivity index (χ2v) is 8.50. The first-order chi connectivity index (χ1) is 17.5. The number of nitrogens with zero attached hydrogens (tertiary/aromatic N) is 1. The van der Waals surface area contributed by atoms with E-state index in [0.717, 1.165) is 22.0 Å². The molecule has 3 aromatic carbocycles. The summed E-state index contributed by atoms with van der Waals surface area (Å²) in [5.74, 6) is 0.866. The minimum atomic E-state index is -0.935. The summed E-state index contributed by atoms with van der Waals surface area (Å²) in [5.41, 5.74) is 4.42. The monoisotopic (exact) mass is 483 g/mol. The predicted molar refractivity (Wildman–Crippen MR) is 135 cm³/mol. The van der Waals surface area contributed by atoms with Crippen molar-refractivity contribution in [3.05, 3.63) is 102 Å². The first-order valence-electron chi connectivity index (χ1n) is 11.5. The highest BCUT2D eigenvalue weighted by Gasteiger charge is 2.16. The maximum atomic E-state index is 10.9. The van der Waals surface area contributed by atoms with Gasteiger partial charge in [-0.15, -0.1) is 0 Å². The second-order valence-electron chi connectivity index (χ2n) is 8.50. The molecule has 0 spiro atoms. The maximum Gasteiger partial charge on any atom is 0.303 e. The summed E-state index contributed by atoms with van der Waals surface area (Å²) < 4.78 is 6.11. The van der Waals surface area contributed by atoms with Gasteiger partial charge in [0, 0.05) is 34.6 Å². The van der Waals surface area contributed by atoms with Crippen LogP contribution < -0.4 is 4.74 Å². The number of fused-ring (bicyclic) bond motifs is 1. The number of ether oxygens (including phenoxy) is 1. The van der Waals surface area contributed by atoms with Gasteiger partial charge in [-0.25, -0.2) is 4.98 Å². The van der Waals surface area contributed by atoms with Crippen LogP contribution in [-0.2, 0) is 17.8 Å². The number of nitrogens with one attached hydrogen (secondary N) is 2. The summed E-state index contributed by atoms with van der Waals surface area (Å²) in [7, 11) is 0. The Morgan fingerprint density at radius 1 is 1.06 bits per heavy atom. The molecule has 0 bridgehead atoms. The molecule has 0 aliphatic rings. The number of imidazole rings is 1. The van der Waals surface area contributed by atoms with Gasteiger partial charge in [-0.3, -0.25) is 4.79 Å². The van der Waals surface area contributed by atoms with Crippen LogP contribution in [0.3, 0.4) is 0 Å². The third kappa shape index (κ3) is 4.86. The molecule has 0 radical (unpaired) electrons. The number of aryl methyl sites for hydroxylation is 1. The van der Waals surface area contributed by atoms with Gasteiger partial charge in [0.25, 0.3) is 0 Å². The molecule has 0 fully saturated rings. The summed E-state index contributed by atoms with van der Waals surface area (Å²) >= 11 is 0. The zero-order chi connectivity index (χ0) is 25.1. The lowest BCUT2D eigenvalue weighted by Gasteiger charge is -2.12. The Balaban J connectivity index is 1.36. The molecule has 2 heterocycles. The molecule has 0 aliphatic heterocycles. The van der Waals surface area contributed by atoms with Crippen molar-refractivity contribution in [2.24, 2.45) is 0 Å². The van der Waals surface area contributed by atoms with Crippen LogP contribution in [0, 0.1) is 0 Å². The van der Waals surface area contributed by atoms with Gasteiger partial charge < -0.3 is 30.0 Å². The molecule has 0 amide bonds. The van der Waals surface area contributed by atoms with Gasteiger partial charge in [0.2, 0.25) is 0 Å². The highest BCUT2D eigenvalue weighted by atomic mass is 16.5. The van der Waals surface area contributed by atoms with E-state index in [9.17, 15) is 15.0 Å². The van der Waals surface area contributed by atoms with E-state index in [1.54, 1.807) is 18.3 Å². The molecule has 1 unspecified atom stereocenters. The number of hydrogen-bond donors (Lipinski definition) is 5. The molecular weight excluding hydrogens is 458 g/mol. The number of aliphatic hydroxyl groups excluding tert-OH is 2. The van der Waals surface area contributed by atoms with Gasteiger partial charge in [-0.2, -0.15) is 0 Å². The number of aliphatic hydroxyl groups is 2. The number of H-pyrrole nitrogens is 2. The average molecular weight is 484 g/mol. The second kappa shape index (κ2) is 10.1. The fourth-order valence-corrected chi connectivity index (χ4v) is 4.24. The van der Waals surface area contributed by atoms with Gasteiger partial charge in [0.05, 0.1) is 18.5 Å². The zero-order valence-corrected chi connectivity index (χ0v) is 19.3. The van der Waals surface area contributed by atoms with Crippen LogP contribution in [0.4, 0.5) is 0 Å². The number of aliphatic carboxylic acids is 1. The minimum absolute atomic E-state index is 0.0327. The molecule has 5 N–H and O–H groups in total. The summed E-state index contributed by atoms with van der Waals surface area (Å²) in [4.78, 5) is 21.6. The third-order valence-electron chi connectivity index (χ3n) is 6.08. The van der Waals surface area contributed by atoms with Gasteiger partial charge >= 0.3 is 5.97 Å².